The van der Waals surface area contributed by atoms with E-state index in [9.17, 15) is 9.59 Å². The average molecular weight is 374 g/mol. The molecule has 2 N–H and O–H groups in total. The fraction of sp³-hybridized carbons (Fsp3) is 0.130. The van der Waals surface area contributed by atoms with Crippen molar-refractivity contribution >= 4 is 23.1 Å². The van der Waals surface area contributed by atoms with E-state index in [0.717, 1.165) is 17.0 Å². The minimum absolute atomic E-state index is 0.00395. The molecule has 0 saturated heterocycles. The first-order valence-electron chi connectivity index (χ1n) is 9.02. The molecule has 0 heterocycles. The molecule has 3 aromatic carbocycles. The summed E-state index contributed by atoms with van der Waals surface area (Å²) in [5.74, 6) is 0.597. The molecule has 0 aliphatic heterocycles. The van der Waals surface area contributed by atoms with Gasteiger partial charge in [-0.1, -0.05) is 30.3 Å². The Morgan fingerprint density at radius 3 is 2.11 bits per heavy atom. The minimum atomic E-state index is -0.167. The van der Waals surface area contributed by atoms with Crippen molar-refractivity contribution in [1.29, 1.82) is 0 Å². The summed E-state index contributed by atoms with van der Waals surface area (Å²) in [6, 6.07) is 24.3. The van der Waals surface area contributed by atoms with Gasteiger partial charge < -0.3 is 15.4 Å². The molecule has 3 aromatic rings. The van der Waals surface area contributed by atoms with Crippen LogP contribution in [-0.4, -0.2) is 18.2 Å². The van der Waals surface area contributed by atoms with E-state index in [4.69, 9.17) is 4.74 Å². The molecule has 0 aromatic heterocycles. The van der Waals surface area contributed by atoms with Gasteiger partial charge in [0, 0.05) is 16.9 Å². The minimum Gasteiger partial charge on any atom is -0.489 e. The van der Waals surface area contributed by atoms with Gasteiger partial charge in [0.15, 0.2) is 5.78 Å². The molecule has 1 amide bonds. The second-order valence-electron chi connectivity index (χ2n) is 6.33. The van der Waals surface area contributed by atoms with E-state index < -0.39 is 0 Å². The normalized spacial score (nSPS) is 10.2. The van der Waals surface area contributed by atoms with Crippen molar-refractivity contribution in [2.75, 3.05) is 17.2 Å². The highest BCUT2D eigenvalue weighted by molar-refractivity contribution is 5.96. The Labute approximate surface area is 164 Å². The number of carbonyl (C=O) groups is 2. The third-order valence-corrected chi connectivity index (χ3v) is 4.13. The molecule has 5 heteroatoms. The number of anilines is 2. The highest BCUT2D eigenvalue weighted by Crippen LogP contribution is 2.17. The predicted molar refractivity (Wildman–Crippen MR) is 111 cm³/mol. The SMILES string of the molecule is CC(=O)c1ccc(NC(=O)CNc2ccc(OCc3ccccc3)cc2)cc1. The lowest BCUT2D eigenvalue weighted by Gasteiger charge is -2.10. The molecule has 0 spiro atoms. The van der Waals surface area contributed by atoms with Crippen LogP contribution in [0.15, 0.2) is 78.9 Å². The summed E-state index contributed by atoms with van der Waals surface area (Å²) < 4.78 is 5.75. The summed E-state index contributed by atoms with van der Waals surface area (Å²) in [6.45, 7) is 2.16. The van der Waals surface area contributed by atoms with Crippen LogP contribution in [0.2, 0.25) is 0 Å². The topological polar surface area (TPSA) is 67.4 Å². The molecule has 5 nitrogen and oxygen atoms in total. The van der Waals surface area contributed by atoms with Gasteiger partial charge in [0.25, 0.3) is 0 Å². The summed E-state index contributed by atoms with van der Waals surface area (Å²) in [4.78, 5) is 23.3. The number of hydrogen-bond acceptors (Lipinski definition) is 4. The highest BCUT2D eigenvalue weighted by atomic mass is 16.5. The number of hydrogen-bond donors (Lipinski definition) is 2. The third kappa shape index (κ3) is 5.71. The van der Waals surface area contributed by atoms with Crippen LogP contribution in [0.3, 0.4) is 0 Å². The van der Waals surface area contributed by atoms with Gasteiger partial charge in [-0.25, -0.2) is 0 Å². The predicted octanol–water partition coefficient (Wildman–Crippen LogP) is 4.52. The van der Waals surface area contributed by atoms with Crippen molar-refractivity contribution in [2.24, 2.45) is 0 Å². The first-order chi connectivity index (χ1) is 13.6. The van der Waals surface area contributed by atoms with Crippen molar-refractivity contribution in [3.63, 3.8) is 0 Å². The number of ether oxygens (including phenoxy) is 1. The van der Waals surface area contributed by atoms with Crippen LogP contribution in [0.4, 0.5) is 11.4 Å². The van der Waals surface area contributed by atoms with Crippen molar-refractivity contribution in [3.8, 4) is 5.75 Å². The number of amides is 1. The van der Waals surface area contributed by atoms with E-state index in [-0.39, 0.29) is 18.2 Å². The number of ketones is 1. The monoisotopic (exact) mass is 374 g/mol. The summed E-state index contributed by atoms with van der Waals surface area (Å²) >= 11 is 0. The van der Waals surface area contributed by atoms with Crippen LogP contribution < -0.4 is 15.4 Å². The Morgan fingerprint density at radius 2 is 1.46 bits per heavy atom. The molecule has 0 radical (unpaired) electrons. The van der Waals surface area contributed by atoms with E-state index in [1.165, 1.54) is 6.92 Å². The zero-order valence-corrected chi connectivity index (χ0v) is 15.6. The van der Waals surface area contributed by atoms with Crippen molar-refractivity contribution in [1.82, 2.24) is 0 Å². The van der Waals surface area contributed by atoms with Crippen LogP contribution in [0.5, 0.6) is 5.75 Å². The largest absolute Gasteiger partial charge is 0.489 e. The van der Waals surface area contributed by atoms with Crippen molar-refractivity contribution < 1.29 is 14.3 Å². The summed E-state index contributed by atoms with van der Waals surface area (Å²) in [7, 11) is 0. The maximum Gasteiger partial charge on any atom is 0.243 e. The number of carbonyl (C=O) groups excluding carboxylic acids is 2. The van der Waals surface area contributed by atoms with Gasteiger partial charge in [-0.05, 0) is 61.0 Å². The van der Waals surface area contributed by atoms with E-state index in [2.05, 4.69) is 10.6 Å². The number of benzene rings is 3. The molecular weight excluding hydrogens is 352 g/mol. The molecule has 0 fully saturated rings. The lowest BCUT2D eigenvalue weighted by Crippen LogP contribution is -2.21. The van der Waals surface area contributed by atoms with Crippen LogP contribution in [-0.2, 0) is 11.4 Å². The van der Waals surface area contributed by atoms with Gasteiger partial charge in [-0.15, -0.1) is 0 Å². The Morgan fingerprint density at radius 1 is 0.821 bits per heavy atom. The first-order valence-corrected chi connectivity index (χ1v) is 9.02. The van der Waals surface area contributed by atoms with Gasteiger partial charge in [0.05, 0.1) is 6.54 Å². The molecule has 0 bridgehead atoms. The van der Waals surface area contributed by atoms with E-state index in [1.807, 2.05) is 54.6 Å². The van der Waals surface area contributed by atoms with Gasteiger partial charge >= 0.3 is 0 Å². The Bertz CT molecular complexity index is 920. The molecule has 0 aliphatic carbocycles. The molecule has 0 atom stereocenters. The van der Waals surface area contributed by atoms with Gasteiger partial charge in [0.1, 0.15) is 12.4 Å². The Kier molecular flexibility index (Phi) is 6.41. The van der Waals surface area contributed by atoms with Crippen LogP contribution in [0.25, 0.3) is 0 Å². The van der Waals surface area contributed by atoms with Crippen LogP contribution in [0, 0.1) is 0 Å². The summed E-state index contributed by atoms with van der Waals surface area (Å²) in [6.07, 6.45) is 0. The van der Waals surface area contributed by atoms with Gasteiger partial charge in [0.2, 0.25) is 5.91 Å². The average Bonchev–Trinajstić information content (AvgIpc) is 2.72. The standard InChI is InChI=1S/C23H22N2O3/c1-17(26)19-7-9-21(10-8-19)25-23(27)15-24-20-11-13-22(14-12-20)28-16-18-5-3-2-4-6-18/h2-14,24H,15-16H2,1H3,(H,25,27). The zero-order chi connectivity index (χ0) is 19.8. The highest BCUT2D eigenvalue weighted by Gasteiger charge is 2.04. The smallest absolute Gasteiger partial charge is 0.243 e. The Hall–Kier alpha value is -3.60. The quantitative estimate of drug-likeness (QED) is 0.569. The maximum absolute atomic E-state index is 12.1. The van der Waals surface area contributed by atoms with Gasteiger partial charge in [-0.3, -0.25) is 9.59 Å². The first kappa shape index (κ1) is 19.2. The molecule has 0 unspecified atom stereocenters. The molecule has 0 aliphatic rings. The second kappa shape index (κ2) is 9.37. The van der Waals surface area contributed by atoms with Crippen molar-refractivity contribution in [2.45, 2.75) is 13.5 Å². The lowest BCUT2D eigenvalue weighted by molar-refractivity contribution is -0.114. The second-order valence-corrected chi connectivity index (χ2v) is 6.33. The third-order valence-electron chi connectivity index (χ3n) is 4.13. The van der Waals surface area contributed by atoms with Gasteiger partial charge in [-0.2, -0.15) is 0 Å². The maximum atomic E-state index is 12.1. The summed E-state index contributed by atoms with van der Waals surface area (Å²) in [5.41, 5.74) is 3.21. The molecule has 142 valence electrons. The lowest BCUT2D eigenvalue weighted by atomic mass is 10.1. The molecule has 3 rings (SSSR count). The van der Waals surface area contributed by atoms with E-state index in [1.54, 1.807) is 24.3 Å². The number of nitrogens with one attached hydrogen (secondary N) is 2. The van der Waals surface area contributed by atoms with E-state index in [0.29, 0.717) is 17.9 Å². The fourth-order valence-corrected chi connectivity index (χ4v) is 2.59. The van der Waals surface area contributed by atoms with Crippen molar-refractivity contribution in [3.05, 3.63) is 90.0 Å². The van der Waals surface area contributed by atoms with E-state index >= 15 is 0 Å². The fourth-order valence-electron chi connectivity index (χ4n) is 2.59. The molecular formula is C23H22N2O3. The number of Topliss-reactive ketones (excluding diaryl/α,β-unsaturated/α-hetero) is 1. The van der Waals surface area contributed by atoms with Crippen LogP contribution in [0.1, 0.15) is 22.8 Å². The molecule has 28 heavy (non-hydrogen) atoms. The zero-order valence-electron chi connectivity index (χ0n) is 15.6. The summed E-state index contributed by atoms with van der Waals surface area (Å²) in [5, 5.41) is 5.86. The molecule has 0 saturated carbocycles. The Balaban J connectivity index is 1.45. The number of rotatable bonds is 8. The van der Waals surface area contributed by atoms with Crippen LogP contribution >= 0.6 is 0 Å².